The summed E-state index contributed by atoms with van der Waals surface area (Å²) in [6.45, 7) is 15.6. The third-order valence-corrected chi connectivity index (χ3v) is 17.7. The van der Waals surface area contributed by atoms with Crippen LogP contribution in [0.1, 0.15) is 162 Å². The Bertz CT molecular complexity index is 1940. The van der Waals surface area contributed by atoms with Gasteiger partial charge >= 0.3 is 6.09 Å². The number of amides is 1. The summed E-state index contributed by atoms with van der Waals surface area (Å²) < 4.78 is 24.4. The van der Waals surface area contributed by atoms with Crippen molar-refractivity contribution in [3.63, 3.8) is 0 Å². The van der Waals surface area contributed by atoms with Crippen LogP contribution in [0.25, 0.3) is 0 Å². The molecule has 0 spiro atoms. The number of aliphatic hydroxyl groups excluding tert-OH is 1. The molecule has 11 atom stereocenters. The van der Waals surface area contributed by atoms with E-state index in [1.54, 1.807) is 19.8 Å². The first-order valence-electron chi connectivity index (χ1n) is 25.9. The summed E-state index contributed by atoms with van der Waals surface area (Å²) in [4.78, 5) is 13.0. The van der Waals surface area contributed by atoms with E-state index >= 15 is 0 Å². The number of nitrogens with one attached hydrogen (secondary N) is 1. The van der Waals surface area contributed by atoms with E-state index in [-0.39, 0.29) is 23.2 Å². The summed E-state index contributed by atoms with van der Waals surface area (Å²) in [6, 6.07) is 18.4. The van der Waals surface area contributed by atoms with Crippen molar-refractivity contribution in [2.75, 3.05) is 27.4 Å². The SMILES string of the molecule is COc1ccc(C(OCCC(O)CCCCCNC(=O)O[C@@H]2CC[C@]3(C)C(=CCC4C3CC[C@]3(C)C4CC[C@H]3[C@@H](C)CCCC(C)C)C2)(C2=CCC(C)(OC)C=C2)c2ccccc2)cc1. The largest absolute Gasteiger partial charge is 0.497 e. The van der Waals surface area contributed by atoms with Gasteiger partial charge in [-0.1, -0.05) is 139 Å². The molecule has 1 amide bonds. The number of allylic oxidation sites excluding steroid dienone is 1. The Hall–Kier alpha value is -3.39. The van der Waals surface area contributed by atoms with Crippen LogP contribution in [0.3, 0.4) is 0 Å². The average molecular weight is 892 g/mol. The first kappa shape index (κ1) is 49.5. The van der Waals surface area contributed by atoms with E-state index in [2.05, 4.69) is 95.4 Å². The van der Waals surface area contributed by atoms with Gasteiger partial charge in [-0.05, 0) is 153 Å². The molecule has 2 N–H and O–H groups in total. The molecule has 0 aliphatic heterocycles. The standard InChI is InChI=1S/C58H85NO6/c1-41(2)16-15-17-42(3)51-27-28-52-50-26-23-46-40-49(31-36-56(46,5)53(50)32-37-57(51,52)6)65-54(61)59-38-14-10-13-20-47(60)33-39-64-58(43-18-11-9-12-19-43,44-21-24-48(62-7)25-22-44)45-29-34-55(4,63-8)35-30-45/h9,11-12,18-19,21-25,29-30,34,41-42,47,49-53,60H,10,13-17,20,26-28,31-33,35-40H2,1-8H3,(H,59,61)/t42-,47?,49+,50?,51-,52?,53?,55?,56+,57-,58?/m0/s1. The van der Waals surface area contributed by atoms with Crippen molar-refractivity contribution in [1.29, 1.82) is 0 Å². The molecule has 6 unspecified atom stereocenters. The Morgan fingerprint density at radius 2 is 1.60 bits per heavy atom. The summed E-state index contributed by atoms with van der Waals surface area (Å²) in [7, 11) is 3.42. The summed E-state index contributed by atoms with van der Waals surface area (Å²) in [5.74, 6) is 5.75. The minimum absolute atomic E-state index is 0.0408. The summed E-state index contributed by atoms with van der Waals surface area (Å²) in [6.07, 6.45) is 26.7. The first-order chi connectivity index (χ1) is 31.2. The third kappa shape index (κ3) is 11.0. The number of benzene rings is 2. The zero-order valence-electron chi connectivity index (χ0n) is 41.5. The van der Waals surface area contributed by atoms with Crippen molar-refractivity contribution in [2.24, 2.45) is 46.3 Å². The van der Waals surface area contributed by atoms with Gasteiger partial charge in [0.25, 0.3) is 0 Å². The van der Waals surface area contributed by atoms with Gasteiger partial charge in [0.15, 0.2) is 0 Å². The highest BCUT2D eigenvalue weighted by Gasteiger charge is 2.59. The lowest BCUT2D eigenvalue weighted by molar-refractivity contribution is -0.0581. The van der Waals surface area contributed by atoms with Crippen molar-refractivity contribution in [3.8, 4) is 5.75 Å². The Kier molecular flexibility index (Phi) is 16.5. The van der Waals surface area contributed by atoms with E-state index in [4.69, 9.17) is 18.9 Å². The fraction of sp³-hybridized carbons (Fsp3) is 0.672. The number of hydrogen-bond donors (Lipinski definition) is 2. The van der Waals surface area contributed by atoms with Crippen molar-refractivity contribution in [2.45, 2.75) is 174 Å². The first-order valence-corrected chi connectivity index (χ1v) is 25.9. The van der Waals surface area contributed by atoms with Crippen LogP contribution in [0, 0.1) is 46.3 Å². The molecular formula is C58H85NO6. The predicted molar refractivity (Wildman–Crippen MR) is 264 cm³/mol. The number of carbonyl (C=O) groups is 1. The second-order valence-corrected chi connectivity index (χ2v) is 22.1. The maximum atomic E-state index is 13.0. The van der Waals surface area contributed by atoms with E-state index in [0.29, 0.717) is 31.4 Å². The average Bonchev–Trinajstić information content (AvgIpc) is 3.67. The van der Waals surface area contributed by atoms with Crippen LogP contribution < -0.4 is 10.1 Å². The van der Waals surface area contributed by atoms with Gasteiger partial charge in [0.05, 0.1) is 25.4 Å². The quantitative estimate of drug-likeness (QED) is 0.0959. The molecule has 2 aromatic carbocycles. The number of hydrogen-bond acceptors (Lipinski definition) is 6. The molecule has 358 valence electrons. The number of fused-ring (bicyclic) bond motifs is 5. The predicted octanol–water partition coefficient (Wildman–Crippen LogP) is 13.7. The molecule has 5 aliphatic rings. The van der Waals surface area contributed by atoms with Crippen LogP contribution in [0.5, 0.6) is 5.75 Å². The van der Waals surface area contributed by atoms with E-state index < -0.39 is 11.7 Å². The summed E-state index contributed by atoms with van der Waals surface area (Å²) in [5, 5.41) is 14.2. The Morgan fingerprint density at radius 1 is 0.831 bits per heavy atom. The molecule has 3 saturated carbocycles. The van der Waals surface area contributed by atoms with Crippen LogP contribution in [0.4, 0.5) is 4.79 Å². The Morgan fingerprint density at radius 3 is 2.31 bits per heavy atom. The van der Waals surface area contributed by atoms with Gasteiger partial charge in [-0.3, -0.25) is 0 Å². The van der Waals surface area contributed by atoms with Crippen LogP contribution in [0.15, 0.2) is 90.0 Å². The summed E-state index contributed by atoms with van der Waals surface area (Å²) >= 11 is 0. The van der Waals surface area contributed by atoms with Crippen LogP contribution in [-0.2, 0) is 19.8 Å². The van der Waals surface area contributed by atoms with E-state index in [1.807, 2.05) is 30.3 Å². The lowest BCUT2D eigenvalue weighted by Crippen LogP contribution is -2.51. The normalized spacial score (nSPS) is 31.4. The molecule has 65 heavy (non-hydrogen) atoms. The van der Waals surface area contributed by atoms with Gasteiger partial charge in [0, 0.05) is 20.1 Å². The topological polar surface area (TPSA) is 86.2 Å². The van der Waals surface area contributed by atoms with Gasteiger partial charge in [0.2, 0.25) is 0 Å². The number of ether oxygens (including phenoxy) is 4. The van der Waals surface area contributed by atoms with Crippen molar-refractivity contribution < 1.29 is 28.8 Å². The van der Waals surface area contributed by atoms with Crippen LogP contribution >= 0.6 is 0 Å². The van der Waals surface area contributed by atoms with E-state index in [1.165, 1.54) is 51.4 Å². The minimum atomic E-state index is -0.879. The molecule has 0 heterocycles. The third-order valence-electron chi connectivity index (χ3n) is 17.7. The van der Waals surface area contributed by atoms with Crippen molar-refractivity contribution >= 4 is 6.09 Å². The molecule has 0 saturated heterocycles. The molecule has 3 fully saturated rings. The zero-order valence-corrected chi connectivity index (χ0v) is 41.5. The highest BCUT2D eigenvalue weighted by Crippen LogP contribution is 2.67. The van der Waals surface area contributed by atoms with Gasteiger partial charge in [0.1, 0.15) is 17.5 Å². The monoisotopic (exact) mass is 892 g/mol. The highest BCUT2D eigenvalue weighted by molar-refractivity contribution is 5.67. The maximum absolute atomic E-state index is 13.0. The highest BCUT2D eigenvalue weighted by atomic mass is 16.6. The van der Waals surface area contributed by atoms with Gasteiger partial charge < -0.3 is 29.4 Å². The van der Waals surface area contributed by atoms with E-state index in [9.17, 15) is 9.90 Å². The molecule has 0 radical (unpaired) electrons. The van der Waals surface area contributed by atoms with Gasteiger partial charge in [-0.25, -0.2) is 4.79 Å². The van der Waals surface area contributed by atoms with Crippen molar-refractivity contribution in [1.82, 2.24) is 5.32 Å². The molecule has 0 bridgehead atoms. The number of alkyl carbamates (subject to hydrolysis) is 1. The second kappa shape index (κ2) is 21.7. The molecule has 7 rings (SSSR count). The van der Waals surface area contributed by atoms with Crippen LogP contribution in [-0.4, -0.2) is 56.4 Å². The molecule has 5 aliphatic carbocycles. The number of carbonyl (C=O) groups excluding carboxylic acids is 1. The number of unbranched alkanes of at least 4 members (excludes halogenated alkanes) is 2. The molecule has 7 nitrogen and oxygen atoms in total. The maximum Gasteiger partial charge on any atom is 0.407 e. The summed E-state index contributed by atoms with van der Waals surface area (Å²) in [5.41, 5.74) is 4.11. The lowest BCUT2D eigenvalue weighted by atomic mass is 9.47. The Balaban J connectivity index is 0.843. The number of aliphatic hydroxyl groups is 1. The van der Waals surface area contributed by atoms with Crippen molar-refractivity contribution in [3.05, 3.63) is 101 Å². The molecule has 7 heteroatoms. The fourth-order valence-corrected chi connectivity index (χ4v) is 13.7. The molecule has 0 aromatic heterocycles. The lowest BCUT2D eigenvalue weighted by Gasteiger charge is -2.58. The number of rotatable bonds is 21. The second-order valence-electron chi connectivity index (χ2n) is 22.1. The fourth-order valence-electron chi connectivity index (χ4n) is 13.7. The minimum Gasteiger partial charge on any atom is -0.497 e. The van der Waals surface area contributed by atoms with Crippen LogP contribution in [0.2, 0.25) is 0 Å². The van der Waals surface area contributed by atoms with Gasteiger partial charge in [-0.2, -0.15) is 0 Å². The Labute approximate surface area is 393 Å². The van der Waals surface area contributed by atoms with E-state index in [0.717, 1.165) is 103 Å². The smallest absolute Gasteiger partial charge is 0.407 e. The van der Waals surface area contributed by atoms with Gasteiger partial charge in [-0.15, -0.1) is 0 Å². The number of methoxy groups -OCH3 is 2. The molecule has 2 aromatic rings. The zero-order chi connectivity index (χ0) is 46.2. The molecular weight excluding hydrogens is 807 g/mol.